The molecule has 0 saturated heterocycles. The number of hydrogen-bond donors (Lipinski definition) is 1. The minimum absolute atomic E-state index is 0.0328. The van der Waals surface area contributed by atoms with Gasteiger partial charge in [-0.15, -0.1) is 0 Å². The van der Waals surface area contributed by atoms with Crippen LogP contribution in [-0.4, -0.2) is 17.9 Å². The first-order valence-electron chi connectivity index (χ1n) is 9.14. The second-order valence-corrected chi connectivity index (χ2v) is 7.09. The molecule has 1 unspecified atom stereocenters. The number of ether oxygens (including phenoxy) is 1. The molecule has 2 aromatic carbocycles. The minimum Gasteiger partial charge on any atom is -0.479 e. The number of benzene rings is 2. The molecular weight excluding hydrogens is 364 g/mol. The van der Waals surface area contributed by atoms with E-state index in [4.69, 9.17) is 16.3 Å². The number of anilines is 2. The van der Waals surface area contributed by atoms with Gasteiger partial charge in [-0.3, -0.25) is 9.59 Å². The lowest BCUT2D eigenvalue weighted by Gasteiger charge is -2.33. The van der Waals surface area contributed by atoms with E-state index in [0.29, 0.717) is 35.1 Å². The van der Waals surface area contributed by atoms with Gasteiger partial charge in [-0.25, -0.2) is 0 Å². The number of hydrogen-bond acceptors (Lipinski definition) is 3. The molecule has 0 bridgehead atoms. The van der Waals surface area contributed by atoms with Gasteiger partial charge < -0.3 is 15.0 Å². The summed E-state index contributed by atoms with van der Waals surface area (Å²) in [4.78, 5) is 26.4. The number of amides is 2. The summed E-state index contributed by atoms with van der Waals surface area (Å²) in [6, 6.07) is 12.8. The predicted octanol–water partition coefficient (Wildman–Crippen LogP) is 4.78. The smallest absolute Gasteiger partial charge is 0.268 e. The Balaban J connectivity index is 1.87. The van der Waals surface area contributed by atoms with Crippen LogP contribution in [0, 0.1) is 0 Å². The van der Waals surface area contributed by atoms with Crippen molar-refractivity contribution in [3.05, 3.63) is 53.1 Å². The highest BCUT2D eigenvalue weighted by Gasteiger charge is 2.31. The second kappa shape index (κ2) is 8.44. The van der Waals surface area contributed by atoms with Crippen LogP contribution in [0.5, 0.6) is 5.75 Å². The van der Waals surface area contributed by atoms with Crippen molar-refractivity contribution in [1.29, 1.82) is 0 Å². The molecule has 1 heterocycles. The van der Waals surface area contributed by atoms with Crippen molar-refractivity contribution in [2.24, 2.45) is 0 Å². The van der Waals surface area contributed by atoms with Crippen molar-refractivity contribution in [2.45, 2.75) is 45.8 Å². The largest absolute Gasteiger partial charge is 0.479 e. The molecule has 6 heteroatoms. The Kier molecular flexibility index (Phi) is 6.01. The van der Waals surface area contributed by atoms with Gasteiger partial charge in [0.05, 0.1) is 12.2 Å². The molecule has 1 aliphatic heterocycles. The first-order valence-corrected chi connectivity index (χ1v) is 9.52. The molecule has 1 aliphatic rings. The Bertz CT molecular complexity index is 853. The highest BCUT2D eigenvalue weighted by molar-refractivity contribution is 6.30. The summed E-state index contributed by atoms with van der Waals surface area (Å²) in [5.41, 5.74) is 2.22. The molecule has 2 aromatic rings. The third kappa shape index (κ3) is 4.61. The van der Waals surface area contributed by atoms with Crippen molar-refractivity contribution < 1.29 is 14.3 Å². The maximum Gasteiger partial charge on any atom is 0.268 e. The van der Waals surface area contributed by atoms with Crippen LogP contribution in [0.15, 0.2) is 42.5 Å². The number of nitrogens with zero attached hydrogens (tertiary/aromatic N) is 1. The number of fused-ring (bicyclic) bond motifs is 1. The first kappa shape index (κ1) is 19.2. The lowest BCUT2D eigenvalue weighted by atomic mass is 10.1. The molecule has 1 N–H and O–H groups in total. The molecular formula is C21H23ClN2O3. The molecule has 1 atom stereocenters. The van der Waals surface area contributed by atoms with E-state index in [9.17, 15) is 9.59 Å². The average Bonchev–Trinajstić information content (AvgIpc) is 2.64. The van der Waals surface area contributed by atoms with Gasteiger partial charge in [-0.1, -0.05) is 37.1 Å². The second-order valence-electron chi connectivity index (χ2n) is 6.65. The summed E-state index contributed by atoms with van der Waals surface area (Å²) in [5.74, 6) is 0.460. The maximum atomic E-state index is 12.7. The van der Waals surface area contributed by atoms with Gasteiger partial charge in [0.15, 0.2) is 6.10 Å². The number of unbranched alkanes of at least 4 members (excludes halogenated alkanes) is 1. The lowest BCUT2D eigenvalue weighted by Crippen LogP contribution is -2.44. The monoisotopic (exact) mass is 386 g/mol. The Morgan fingerprint density at radius 3 is 2.81 bits per heavy atom. The zero-order valence-corrected chi connectivity index (χ0v) is 16.3. The Morgan fingerprint density at radius 1 is 1.26 bits per heavy atom. The Hall–Kier alpha value is -2.53. The topological polar surface area (TPSA) is 58.6 Å². The van der Waals surface area contributed by atoms with E-state index in [-0.39, 0.29) is 11.8 Å². The highest BCUT2D eigenvalue weighted by Crippen LogP contribution is 2.37. The third-order valence-electron chi connectivity index (χ3n) is 4.44. The quantitative estimate of drug-likeness (QED) is 0.777. The van der Waals surface area contributed by atoms with Gasteiger partial charge >= 0.3 is 0 Å². The number of rotatable bonds is 6. The van der Waals surface area contributed by atoms with E-state index in [1.165, 1.54) is 0 Å². The van der Waals surface area contributed by atoms with Crippen LogP contribution >= 0.6 is 11.6 Å². The van der Waals surface area contributed by atoms with Crippen molar-refractivity contribution >= 4 is 34.8 Å². The molecule has 0 saturated carbocycles. The molecule has 0 fully saturated rings. The fraction of sp³-hybridized carbons (Fsp3) is 0.333. The van der Waals surface area contributed by atoms with E-state index in [0.717, 1.165) is 18.4 Å². The molecule has 0 spiro atoms. The van der Waals surface area contributed by atoms with Gasteiger partial charge in [-0.05, 0) is 49.2 Å². The molecule has 2 amide bonds. The molecule has 142 valence electrons. The number of halogens is 1. The van der Waals surface area contributed by atoms with Crippen molar-refractivity contribution in [1.82, 2.24) is 0 Å². The number of carbonyl (C=O) groups excluding carboxylic acids is 2. The molecule has 0 aliphatic carbocycles. The standard InChI is InChI=1S/C21H23ClN2O3/c1-3-4-8-20(25)23-17-9-10-19-18(12-17)24(21(26)14(2)27-19)13-15-6-5-7-16(22)11-15/h5-7,9-12,14H,3-4,8,13H2,1-2H3,(H,23,25). The summed E-state index contributed by atoms with van der Waals surface area (Å²) in [6.07, 6.45) is 1.72. The van der Waals surface area contributed by atoms with Crippen molar-refractivity contribution in [3.63, 3.8) is 0 Å². The van der Waals surface area contributed by atoms with Crippen molar-refractivity contribution in [3.8, 4) is 5.75 Å². The summed E-state index contributed by atoms with van der Waals surface area (Å²) in [5, 5.41) is 3.52. The summed E-state index contributed by atoms with van der Waals surface area (Å²) in [6.45, 7) is 4.16. The van der Waals surface area contributed by atoms with Crippen LogP contribution in [0.3, 0.4) is 0 Å². The lowest BCUT2D eigenvalue weighted by molar-refractivity contribution is -0.125. The van der Waals surface area contributed by atoms with E-state index >= 15 is 0 Å². The van der Waals surface area contributed by atoms with Crippen LogP contribution in [0.1, 0.15) is 38.7 Å². The molecule has 3 rings (SSSR count). The summed E-state index contributed by atoms with van der Waals surface area (Å²) in [7, 11) is 0. The zero-order chi connectivity index (χ0) is 19.4. The van der Waals surface area contributed by atoms with Crippen LogP contribution < -0.4 is 15.0 Å². The Labute approximate surface area is 164 Å². The third-order valence-corrected chi connectivity index (χ3v) is 4.67. The molecule has 0 aromatic heterocycles. The van der Waals surface area contributed by atoms with Crippen LogP contribution in [0.25, 0.3) is 0 Å². The van der Waals surface area contributed by atoms with Gasteiger partial charge in [-0.2, -0.15) is 0 Å². The fourth-order valence-corrected chi connectivity index (χ4v) is 3.24. The minimum atomic E-state index is -0.568. The van der Waals surface area contributed by atoms with Gasteiger partial charge in [0.2, 0.25) is 5.91 Å². The average molecular weight is 387 g/mol. The van der Waals surface area contributed by atoms with Gasteiger partial charge in [0.1, 0.15) is 5.75 Å². The SMILES string of the molecule is CCCCC(=O)Nc1ccc2c(c1)N(Cc1cccc(Cl)c1)C(=O)C(C)O2. The van der Waals surface area contributed by atoms with Crippen LogP contribution in [-0.2, 0) is 16.1 Å². The van der Waals surface area contributed by atoms with Gasteiger partial charge in [0, 0.05) is 17.1 Å². The van der Waals surface area contributed by atoms with E-state index < -0.39 is 6.10 Å². The predicted molar refractivity (Wildman–Crippen MR) is 107 cm³/mol. The zero-order valence-electron chi connectivity index (χ0n) is 15.5. The molecule has 5 nitrogen and oxygen atoms in total. The fourth-order valence-electron chi connectivity index (χ4n) is 3.03. The first-order chi connectivity index (χ1) is 13.0. The van der Waals surface area contributed by atoms with Crippen LogP contribution in [0.2, 0.25) is 5.02 Å². The van der Waals surface area contributed by atoms with Crippen molar-refractivity contribution in [2.75, 3.05) is 10.2 Å². The summed E-state index contributed by atoms with van der Waals surface area (Å²) >= 11 is 6.08. The molecule has 27 heavy (non-hydrogen) atoms. The summed E-state index contributed by atoms with van der Waals surface area (Å²) < 4.78 is 5.73. The molecule has 0 radical (unpaired) electrons. The van der Waals surface area contributed by atoms with E-state index in [2.05, 4.69) is 5.32 Å². The Morgan fingerprint density at radius 2 is 2.07 bits per heavy atom. The van der Waals surface area contributed by atoms with Gasteiger partial charge in [0.25, 0.3) is 5.91 Å². The van der Waals surface area contributed by atoms with E-state index in [1.807, 2.05) is 25.1 Å². The number of nitrogens with one attached hydrogen (secondary N) is 1. The maximum absolute atomic E-state index is 12.7. The number of carbonyl (C=O) groups is 2. The van der Waals surface area contributed by atoms with Crippen LogP contribution in [0.4, 0.5) is 11.4 Å². The highest BCUT2D eigenvalue weighted by atomic mass is 35.5. The van der Waals surface area contributed by atoms with E-state index in [1.54, 1.807) is 36.1 Å². The normalized spacial score (nSPS) is 15.9.